The fraction of sp³-hybridized carbons (Fsp3) is 0.0571. The largest absolute Gasteiger partial charge is 0.507 e. The SMILES string of the molecule is Cc1cc(O)c(-c2nc(-c3ccc(Oc4ccccc4)cc3)nc(-c3ccc(Oc4ccccc4)cc3)n2)cc1C. The highest BCUT2D eigenvalue weighted by atomic mass is 16.5. The number of aromatic nitrogens is 3. The standard InChI is InChI=1S/C35H27N3O3/c1-23-21-31(32(39)22-24(23)2)35-37-33(25-13-17-29(18-14-25)40-27-9-5-3-6-10-27)36-34(38-35)26-15-19-30(20-16-26)41-28-11-7-4-8-12-28/h3-22,39H,1-2H3. The summed E-state index contributed by atoms with van der Waals surface area (Å²) in [5.41, 5.74) is 4.16. The zero-order valence-corrected chi connectivity index (χ0v) is 22.7. The molecule has 0 amide bonds. The molecule has 5 aromatic carbocycles. The van der Waals surface area contributed by atoms with Gasteiger partial charge in [0.25, 0.3) is 0 Å². The van der Waals surface area contributed by atoms with Crippen LogP contribution < -0.4 is 9.47 Å². The Kier molecular flexibility index (Phi) is 7.11. The van der Waals surface area contributed by atoms with Gasteiger partial charge in [-0.1, -0.05) is 36.4 Å². The smallest absolute Gasteiger partial charge is 0.167 e. The summed E-state index contributed by atoms with van der Waals surface area (Å²) in [7, 11) is 0. The van der Waals surface area contributed by atoms with Crippen LogP contribution in [0.4, 0.5) is 0 Å². The summed E-state index contributed by atoms with van der Waals surface area (Å²) in [5, 5.41) is 10.8. The zero-order valence-electron chi connectivity index (χ0n) is 22.7. The number of aromatic hydroxyl groups is 1. The van der Waals surface area contributed by atoms with Crippen molar-refractivity contribution in [1.82, 2.24) is 15.0 Å². The topological polar surface area (TPSA) is 77.4 Å². The molecule has 0 aliphatic rings. The van der Waals surface area contributed by atoms with Gasteiger partial charge in [0, 0.05) is 11.1 Å². The second kappa shape index (κ2) is 11.3. The molecule has 200 valence electrons. The summed E-state index contributed by atoms with van der Waals surface area (Å²) in [6.07, 6.45) is 0. The molecule has 6 nitrogen and oxygen atoms in total. The average molecular weight is 538 g/mol. The van der Waals surface area contributed by atoms with Crippen LogP contribution in [0.25, 0.3) is 34.2 Å². The number of hydrogen-bond acceptors (Lipinski definition) is 6. The maximum atomic E-state index is 10.8. The molecule has 1 aromatic heterocycles. The van der Waals surface area contributed by atoms with E-state index < -0.39 is 0 Å². The summed E-state index contributed by atoms with van der Waals surface area (Å²) < 4.78 is 11.9. The van der Waals surface area contributed by atoms with Crippen molar-refractivity contribution in [2.75, 3.05) is 0 Å². The van der Waals surface area contributed by atoms with Crippen LogP contribution in [0.15, 0.2) is 121 Å². The molecule has 0 bridgehead atoms. The van der Waals surface area contributed by atoms with Crippen LogP contribution in [-0.2, 0) is 0 Å². The second-order valence-electron chi connectivity index (χ2n) is 9.64. The Morgan fingerprint density at radius 2 is 0.854 bits per heavy atom. The third-order valence-electron chi connectivity index (χ3n) is 6.67. The molecule has 0 spiro atoms. The molecule has 0 aliphatic carbocycles. The van der Waals surface area contributed by atoms with E-state index in [4.69, 9.17) is 24.4 Å². The molecule has 0 atom stereocenters. The highest BCUT2D eigenvalue weighted by molar-refractivity contribution is 5.71. The van der Waals surface area contributed by atoms with Gasteiger partial charge in [-0.2, -0.15) is 0 Å². The van der Waals surface area contributed by atoms with Crippen molar-refractivity contribution >= 4 is 0 Å². The van der Waals surface area contributed by atoms with Gasteiger partial charge in [-0.3, -0.25) is 0 Å². The lowest BCUT2D eigenvalue weighted by atomic mass is 10.0. The number of rotatable bonds is 7. The van der Waals surface area contributed by atoms with Crippen molar-refractivity contribution in [2.24, 2.45) is 0 Å². The summed E-state index contributed by atoms with van der Waals surface area (Å²) >= 11 is 0. The third kappa shape index (κ3) is 5.92. The Morgan fingerprint density at radius 1 is 0.463 bits per heavy atom. The molecule has 0 aliphatic heterocycles. The Balaban J connectivity index is 1.38. The monoisotopic (exact) mass is 537 g/mol. The van der Waals surface area contributed by atoms with E-state index in [0.29, 0.717) is 34.5 Å². The summed E-state index contributed by atoms with van der Waals surface area (Å²) in [4.78, 5) is 14.4. The Labute approximate surface area is 238 Å². The van der Waals surface area contributed by atoms with Crippen LogP contribution in [0.5, 0.6) is 28.7 Å². The number of ether oxygens (including phenoxy) is 2. The van der Waals surface area contributed by atoms with Gasteiger partial charge < -0.3 is 14.6 Å². The number of para-hydroxylation sites is 2. The molecule has 6 aromatic rings. The lowest BCUT2D eigenvalue weighted by Gasteiger charge is -2.12. The fourth-order valence-corrected chi connectivity index (χ4v) is 4.33. The van der Waals surface area contributed by atoms with E-state index in [1.807, 2.05) is 129 Å². The van der Waals surface area contributed by atoms with Gasteiger partial charge in [0.2, 0.25) is 0 Å². The van der Waals surface area contributed by atoms with Gasteiger partial charge in [-0.15, -0.1) is 0 Å². The summed E-state index contributed by atoms with van der Waals surface area (Å²) in [6.45, 7) is 3.96. The fourth-order valence-electron chi connectivity index (χ4n) is 4.33. The molecule has 0 saturated carbocycles. The van der Waals surface area contributed by atoms with Crippen molar-refractivity contribution < 1.29 is 14.6 Å². The average Bonchev–Trinajstić information content (AvgIpc) is 3.00. The van der Waals surface area contributed by atoms with Crippen LogP contribution in [0, 0.1) is 13.8 Å². The van der Waals surface area contributed by atoms with E-state index in [1.165, 1.54) is 0 Å². The number of benzene rings is 5. The van der Waals surface area contributed by atoms with Crippen molar-refractivity contribution in [2.45, 2.75) is 13.8 Å². The Bertz CT molecular complexity index is 1690. The van der Waals surface area contributed by atoms with E-state index in [1.54, 1.807) is 6.07 Å². The van der Waals surface area contributed by atoms with E-state index in [0.717, 1.165) is 33.8 Å². The number of aryl methyl sites for hydroxylation is 2. The molecule has 0 fully saturated rings. The first-order chi connectivity index (χ1) is 20.0. The summed E-state index contributed by atoms with van der Waals surface area (Å²) in [5.74, 6) is 4.40. The molecule has 0 saturated heterocycles. The minimum atomic E-state index is 0.120. The van der Waals surface area contributed by atoms with E-state index in [9.17, 15) is 5.11 Å². The molecule has 0 radical (unpaired) electrons. The number of phenols is 1. The van der Waals surface area contributed by atoms with Crippen LogP contribution in [0.1, 0.15) is 11.1 Å². The van der Waals surface area contributed by atoms with Crippen LogP contribution in [-0.4, -0.2) is 20.1 Å². The van der Waals surface area contributed by atoms with Gasteiger partial charge in [0.15, 0.2) is 17.5 Å². The molecular formula is C35H27N3O3. The lowest BCUT2D eigenvalue weighted by molar-refractivity contribution is 0.476. The van der Waals surface area contributed by atoms with Gasteiger partial charge in [0.05, 0.1) is 5.56 Å². The van der Waals surface area contributed by atoms with Gasteiger partial charge in [-0.25, -0.2) is 15.0 Å². The van der Waals surface area contributed by atoms with Crippen LogP contribution in [0.2, 0.25) is 0 Å². The predicted molar refractivity (Wildman–Crippen MR) is 160 cm³/mol. The van der Waals surface area contributed by atoms with Crippen LogP contribution in [0.3, 0.4) is 0 Å². The molecular weight excluding hydrogens is 510 g/mol. The van der Waals surface area contributed by atoms with E-state index in [-0.39, 0.29) is 5.75 Å². The van der Waals surface area contributed by atoms with Crippen molar-refractivity contribution in [3.8, 4) is 62.9 Å². The van der Waals surface area contributed by atoms with Gasteiger partial charge >= 0.3 is 0 Å². The lowest BCUT2D eigenvalue weighted by Crippen LogP contribution is -2.01. The third-order valence-corrected chi connectivity index (χ3v) is 6.67. The zero-order chi connectivity index (χ0) is 28.2. The van der Waals surface area contributed by atoms with E-state index in [2.05, 4.69) is 0 Å². The van der Waals surface area contributed by atoms with Crippen molar-refractivity contribution in [3.63, 3.8) is 0 Å². The minimum absolute atomic E-state index is 0.120. The number of phenolic OH excluding ortho intramolecular Hbond substituents is 1. The minimum Gasteiger partial charge on any atom is -0.507 e. The number of hydrogen-bond donors (Lipinski definition) is 1. The molecule has 1 heterocycles. The molecule has 6 rings (SSSR count). The second-order valence-corrected chi connectivity index (χ2v) is 9.64. The quantitative estimate of drug-likeness (QED) is 0.219. The first-order valence-electron chi connectivity index (χ1n) is 13.3. The molecule has 41 heavy (non-hydrogen) atoms. The van der Waals surface area contributed by atoms with Gasteiger partial charge in [-0.05, 0) is 110 Å². The predicted octanol–water partition coefficient (Wildman–Crippen LogP) is 8.78. The van der Waals surface area contributed by atoms with E-state index >= 15 is 0 Å². The molecule has 6 heteroatoms. The Hall–Kier alpha value is -5.49. The maximum absolute atomic E-state index is 10.8. The Morgan fingerprint density at radius 3 is 1.32 bits per heavy atom. The number of nitrogens with zero attached hydrogens (tertiary/aromatic N) is 3. The van der Waals surface area contributed by atoms with Gasteiger partial charge in [0.1, 0.15) is 28.7 Å². The summed E-state index contributed by atoms with van der Waals surface area (Å²) in [6, 6.07) is 38.1. The van der Waals surface area contributed by atoms with Crippen molar-refractivity contribution in [3.05, 3.63) is 132 Å². The molecule has 1 N–H and O–H groups in total. The highest BCUT2D eigenvalue weighted by Crippen LogP contribution is 2.33. The molecule has 0 unspecified atom stereocenters. The first-order valence-corrected chi connectivity index (χ1v) is 13.3. The maximum Gasteiger partial charge on any atom is 0.167 e. The van der Waals surface area contributed by atoms with Crippen molar-refractivity contribution in [1.29, 1.82) is 0 Å². The first kappa shape index (κ1) is 25.8. The normalized spacial score (nSPS) is 10.8. The van der Waals surface area contributed by atoms with Crippen LogP contribution >= 0.6 is 0 Å². The highest BCUT2D eigenvalue weighted by Gasteiger charge is 2.16.